The fraction of sp³-hybridized carbons (Fsp3) is 0.905. The Hall–Kier alpha value is -1.06. The van der Waals surface area contributed by atoms with E-state index in [2.05, 4.69) is 20.8 Å². The lowest BCUT2D eigenvalue weighted by atomic mass is 9.73. The summed E-state index contributed by atoms with van der Waals surface area (Å²) in [6.45, 7) is 7.33. The van der Waals surface area contributed by atoms with Crippen LogP contribution in [0.15, 0.2) is 0 Å². The monoisotopic (exact) mass is 354 g/mol. The molecule has 0 aromatic rings. The molecule has 1 aliphatic rings. The molecule has 0 aliphatic heterocycles. The van der Waals surface area contributed by atoms with E-state index < -0.39 is 0 Å². The van der Waals surface area contributed by atoms with Crippen molar-refractivity contribution in [2.24, 2.45) is 17.8 Å². The number of carbonyl (C=O) groups excluding carboxylic acids is 2. The standard InChI is InChI=1S/C21H38O4/c1-4-6-8-10-15-24-20(22)18-14-12-13-17(3)19(18)21(23)25-16-11-9-7-5-2/h17-19H,4-16H2,1-3H3. The van der Waals surface area contributed by atoms with Gasteiger partial charge in [-0.05, 0) is 31.6 Å². The normalized spacial score (nSPS) is 23.2. The van der Waals surface area contributed by atoms with Crippen molar-refractivity contribution in [3.05, 3.63) is 0 Å². The van der Waals surface area contributed by atoms with Gasteiger partial charge in [0.25, 0.3) is 0 Å². The van der Waals surface area contributed by atoms with Crippen molar-refractivity contribution in [3.8, 4) is 0 Å². The molecule has 0 spiro atoms. The SMILES string of the molecule is CCCCCCOC(=O)C1CCCC(C)C1C(=O)OCCCCCC. The van der Waals surface area contributed by atoms with Crippen LogP contribution in [0.5, 0.6) is 0 Å². The molecule has 1 rings (SSSR count). The van der Waals surface area contributed by atoms with Gasteiger partial charge < -0.3 is 9.47 Å². The Labute approximate surface area is 154 Å². The van der Waals surface area contributed by atoms with Crippen LogP contribution in [0.25, 0.3) is 0 Å². The van der Waals surface area contributed by atoms with E-state index in [1.807, 2.05) is 0 Å². The number of hydrogen-bond donors (Lipinski definition) is 0. The second-order valence-electron chi connectivity index (χ2n) is 7.50. The maximum atomic E-state index is 12.5. The third-order valence-electron chi connectivity index (χ3n) is 5.28. The molecule has 0 aromatic heterocycles. The zero-order valence-corrected chi connectivity index (χ0v) is 16.6. The minimum atomic E-state index is -0.330. The summed E-state index contributed by atoms with van der Waals surface area (Å²) in [5, 5.41) is 0. The molecule has 1 fully saturated rings. The van der Waals surface area contributed by atoms with Crippen molar-refractivity contribution in [2.75, 3.05) is 13.2 Å². The number of hydrogen-bond acceptors (Lipinski definition) is 4. The highest BCUT2D eigenvalue weighted by atomic mass is 16.5. The highest BCUT2D eigenvalue weighted by molar-refractivity contribution is 5.82. The fourth-order valence-corrected chi connectivity index (χ4v) is 3.68. The van der Waals surface area contributed by atoms with E-state index in [1.54, 1.807) is 0 Å². The Morgan fingerprint density at radius 2 is 1.36 bits per heavy atom. The van der Waals surface area contributed by atoms with Crippen LogP contribution in [0.3, 0.4) is 0 Å². The molecule has 0 heterocycles. The van der Waals surface area contributed by atoms with E-state index in [1.165, 1.54) is 25.7 Å². The van der Waals surface area contributed by atoms with Crippen molar-refractivity contribution in [2.45, 2.75) is 91.4 Å². The van der Waals surface area contributed by atoms with Gasteiger partial charge in [-0.3, -0.25) is 9.59 Å². The first-order chi connectivity index (χ1) is 12.1. The van der Waals surface area contributed by atoms with Crippen LogP contribution in [0.1, 0.15) is 91.4 Å². The number of carbonyl (C=O) groups is 2. The third kappa shape index (κ3) is 8.24. The first kappa shape index (κ1) is 22.0. The molecule has 3 atom stereocenters. The number of rotatable bonds is 12. The molecule has 25 heavy (non-hydrogen) atoms. The van der Waals surface area contributed by atoms with Gasteiger partial charge in [-0.25, -0.2) is 0 Å². The first-order valence-electron chi connectivity index (χ1n) is 10.4. The summed E-state index contributed by atoms with van der Waals surface area (Å²) >= 11 is 0. The van der Waals surface area contributed by atoms with E-state index in [-0.39, 0.29) is 29.7 Å². The van der Waals surface area contributed by atoms with Gasteiger partial charge in [-0.2, -0.15) is 0 Å². The molecule has 0 amide bonds. The zero-order valence-electron chi connectivity index (χ0n) is 16.6. The number of ether oxygens (including phenoxy) is 2. The molecule has 1 aliphatic carbocycles. The van der Waals surface area contributed by atoms with Crippen molar-refractivity contribution in [3.63, 3.8) is 0 Å². The van der Waals surface area contributed by atoms with Gasteiger partial charge in [0.05, 0.1) is 25.0 Å². The Bertz CT molecular complexity index is 380. The van der Waals surface area contributed by atoms with E-state index in [9.17, 15) is 9.59 Å². The zero-order chi connectivity index (χ0) is 18.5. The van der Waals surface area contributed by atoms with Crippen molar-refractivity contribution < 1.29 is 19.1 Å². The van der Waals surface area contributed by atoms with Gasteiger partial charge in [-0.15, -0.1) is 0 Å². The van der Waals surface area contributed by atoms with Gasteiger partial charge in [0.2, 0.25) is 0 Å². The van der Waals surface area contributed by atoms with Crippen molar-refractivity contribution in [1.82, 2.24) is 0 Å². The largest absolute Gasteiger partial charge is 0.465 e. The highest BCUT2D eigenvalue weighted by Gasteiger charge is 2.41. The quantitative estimate of drug-likeness (QED) is 0.353. The van der Waals surface area contributed by atoms with E-state index in [0.29, 0.717) is 13.2 Å². The van der Waals surface area contributed by atoms with Crippen LogP contribution in [-0.4, -0.2) is 25.2 Å². The Morgan fingerprint density at radius 3 is 1.92 bits per heavy atom. The second-order valence-corrected chi connectivity index (χ2v) is 7.50. The summed E-state index contributed by atoms with van der Waals surface area (Å²) in [7, 11) is 0. The Balaban J connectivity index is 2.45. The van der Waals surface area contributed by atoms with Crippen LogP contribution < -0.4 is 0 Å². The van der Waals surface area contributed by atoms with E-state index in [0.717, 1.165) is 44.9 Å². The Morgan fingerprint density at radius 1 is 0.800 bits per heavy atom. The average molecular weight is 355 g/mol. The topological polar surface area (TPSA) is 52.6 Å². The van der Waals surface area contributed by atoms with Crippen LogP contribution in [0, 0.1) is 17.8 Å². The lowest BCUT2D eigenvalue weighted by molar-refractivity contribution is -0.165. The van der Waals surface area contributed by atoms with Crippen LogP contribution in [0.2, 0.25) is 0 Å². The van der Waals surface area contributed by atoms with Crippen LogP contribution >= 0.6 is 0 Å². The second kappa shape index (κ2) is 13.2. The molecule has 0 N–H and O–H groups in total. The fourth-order valence-electron chi connectivity index (χ4n) is 3.68. The third-order valence-corrected chi connectivity index (χ3v) is 5.28. The molecular weight excluding hydrogens is 316 g/mol. The molecule has 0 saturated heterocycles. The summed E-state index contributed by atoms with van der Waals surface area (Å²) in [4.78, 5) is 25.0. The lowest BCUT2D eigenvalue weighted by Gasteiger charge is -2.33. The smallest absolute Gasteiger partial charge is 0.310 e. The molecule has 1 saturated carbocycles. The minimum Gasteiger partial charge on any atom is -0.465 e. The van der Waals surface area contributed by atoms with Gasteiger partial charge in [0, 0.05) is 0 Å². The number of esters is 2. The highest BCUT2D eigenvalue weighted by Crippen LogP contribution is 2.36. The molecular formula is C21H38O4. The van der Waals surface area contributed by atoms with Gasteiger partial charge in [-0.1, -0.05) is 65.7 Å². The van der Waals surface area contributed by atoms with E-state index >= 15 is 0 Å². The van der Waals surface area contributed by atoms with E-state index in [4.69, 9.17) is 9.47 Å². The summed E-state index contributed by atoms with van der Waals surface area (Å²) in [6.07, 6.45) is 11.4. The number of unbranched alkanes of at least 4 members (excludes halogenated alkanes) is 6. The summed E-state index contributed by atoms with van der Waals surface area (Å²) in [5.74, 6) is -0.858. The molecule has 146 valence electrons. The minimum absolute atomic E-state index is 0.189. The molecule has 4 nitrogen and oxygen atoms in total. The van der Waals surface area contributed by atoms with Gasteiger partial charge >= 0.3 is 11.9 Å². The summed E-state index contributed by atoms with van der Waals surface area (Å²) < 4.78 is 11.0. The van der Waals surface area contributed by atoms with Gasteiger partial charge in [0.1, 0.15) is 0 Å². The van der Waals surface area contributed by atoms with Crippen molar-refractivity contribution in [1.29, 1.82) is 0 Å². The molecule has 4 heteroatoms. The predicted molar refractivity (Wildman–Crippen MR) is 100 cm³/mol. The molecule has 0 aromatic carbocycles. The summed E-state index contributed by atoms with van der Waals surface area (Å²) in [6, 6.07) is 0. The predicted octanol–water partition coefficient (Wildman–Crippen LogP) is 5.29. The first-order valence-corrected chi connectivity index (χ1v) is 10.4. The molecule has 0 bridgehead atoms. The summed E-state index contributed by atoms with van der Waals surface area (Å²) in [5.41, 5.74) is 0. The Kier molecular flexibility index (Phi) is 11.6. The maximum absolute atomic E-state index is 12.5. The maximum Gasteiger partial charge on any atom is 0.310 e. The lowest BCUT2D eigenvalue weighted by Crippen LogP contribution is -2.39. The van der Waals surface area contributed by atoms with Crippen LogP contribution in [-0.2, 0) is 19.1 Å². The average Bonchev–Trinajstić information content (AvgIpc) is 2.60. The van der Waals surface area contributed by atoms with Crippen LogP contribution in [0.4, 0.5) is 0 Å². The van der Waals surface area contributed by atoms with Crippen molar-refractivity contribution >= 4 is 11.9 Å². The molecule has 0 radical (unpaired) electrons. The molecule has 3 unspecified atom stereocenters. The van der Waals surface area contributed by atoms with Gasteiger partial charge in [0.15, 0.2) is 0 Å².